The van der Waals surface area contributed by atoms with E-state index in [4.69, 9.17) is 9.47 Å². The summed E-state index contributed by atoms with van der Waals surface area (Å²) in [4.78, 5) is 57.6. The van der Waals surface area contributed by atoms with Gasteiger partial charge in [0.05, 0.1) is 13.2 Å². The van der Waals surface area contributed by atoms with Gasteiger partial charge in [0.15, 0.2) is 18.0 Å². The maximum absolute atomic E-state index is 11.8. The molecule has 1 heterocycles. The molecule has 25 heavy (non-hydrogen) atoms. The topological polar surface area (TPSA) is 143 Å². The second-order valence-electron chi connectivity index (χ2n) is 5.09. The SMILES string of the molecule is CCOC(=O)C1O[C@@H]1C(=O)NC(P)C(=O)NCC(=O)NC(P)C(C)=O. The molecular formula is C13H21N3O7P2. The van der Waals surface area contributed by atoms with Crippen LogP contribution in [-0.4, -0.2) is 66.4 Å². The number of amides is 3. The van der Waals surface area contributed by atoms with Crippen molar-refractivity contribution in [3.8, 4) is 0 Å². The van der Waals surface area contributed by atoms with E-state index < -0.39 is 47.5 Å². The highest BCUT2D eigenvalue weighted by Crippen LogP contribution is 2.23. The van der Waals surface area contributed by atoms with Gasteiger partial charge in [0, 0.05) is 0 Å². The summed E-state index contributed by atoms with van der Waals surface area (Å²) in [7, 11) is 4.26. The Bertz CT molecular complexity index is 572. The summed E-state index contributed by atoms with van der Waals surface area (Å²) >= 11 is 0. The molecule has 0 bridgehead atoms. The molecule has 6 atom stereocenters. The Morgan fingerprint density at radius 2 is 1.72 bits per heavy atom. The number of carbonyl (C=O) groups is 5. The number of ketones is 1. The molecule has 1 saturated heterocycles. The molecule has 0 aromatic carbocycles. The van der Waals surface area contributed by atoms with Crippen LogP contribution in [0.3, 0.4) is 0 Å². The molecule has 0 aromatic rings. The maximum atomic E-state index is 11.8. The van der Waals surface area contributed by atoms with Crippen molar-refractivity contribution in [2.75, 3.05) is 13.2 Å². The zero-order chi connectivity index (χ0) is 19.1. The van der Waals surface area contributed by atoms with E-state index in [9.17, 15) is 24.0 Å². The largest absolute Gasteiger partial charge is 0.464 e. The first-order valence-corrected chi connectivity index (χ1v) is 8.71. The zero-order valence-corrected chi connectivity index (χ0v) is 16.0. The van der Waals surface area contributed by atoms with Crippen LogP contribution >= 0.6 is 18.5 Å². The number of ether oxygens (including phenoxy) is 2. The number of hydrogen-bond acceptors (Lipinski definition) is 7. The number of nitrogens with one attached hydrogen (secondary N) is 3. The molecule has 1 aliphatic heterocycles. The lowest BCUT2D eigenvalue weighted by Crippen LogP contribution is -2.48. The van der Waals surface area contributed by atoms with E-state index in [0.717, 1.165) is 0 Å². The first kappa shape index (κ1) is 21.4. The van der Waals surface area contributed by atoms with Crippen molar-refractivity contribution in [2.45, 2.75) is 37.6 Å². The second kappa shape index (κ2) is 9.75. The fourth-order valence-corrected chi connectivity index (χ4v) is 2.09. The Morgan fingerprint density at radius 1 is 1.08 bits per heavy atom. The summed E-state index contributed by atoms with van der Waals surface area (Å²) in [6.45, 7) is 2.76. The van der Waals surface area contributed by atoms with Gasteiger partial charge in [-0.3, -0.25) is 19.2 Å². The van der Waals surface area contributed by atoms with Gasteiger partial charge < -0.3 is 25.4 Å². The Hall–Kier alpha value is -1.63. The predicted molar refractivity (Wildman–Crippen MR) is 92.3 cm³/mol. The summed E-state index contributed by atoms with van der Waals surface area (Å²) in [5.74, 6) is -4.47. The molecule has 0 radical (unpaired) electrons. The molecule has 10 nitrogen and oxygen atoms in total. The highest BCUT2D eigenvalue weighted by molar-refractivity contribution is 7.19. The number of epoxide rings is 1. The van der Waals surface area contributed by atoms with Crippen molar-refractivity contribution in [2.24, 2.45) is 0 Å². The quantitative estimate of drug-likeness (QED) is 0.226. The summed E-state index contributed by atoms with van der Waals surface area (Å²) in [6.07, 6.45) is -1.96. The van der Waals surface area contributed by atoms with Crippen LogP contribution in [0.5, 0.6) is 0 Å². The molecule has 0 aliphatic carbocycles. The van der Waals surface area contributed by atoms with Crippen molar-refractivity contribution >= 4 is 48.0 Å². The lowest BCUT2D eigenvalue weighted by atomic mass is 10.3. The highest BCUT2D eigenvalue weighted by Gasteiger charge is 2.51. The third kappa shape index (κ3) is 7.02. The van der Waals surface area contributed by atoms with Crippen LogP contribution in [-0.2, 0) is 33.4 Å². The van der Waals surface area contributed by atoms with Crippen molar-refractivity contribution in [3.05, 3.63) is 0 Å². The summed E-state index contributed by atoms with van der Waals surface area (Å²) in [5, 5.41) is 7.01. The Kier molecular flexibility index (Phi) is 8.35. The van der Waals surface area contributed by atoms with E-state index in [1.165, 1.54) is 6.92 Å². The first-order chi connectivity index (χ1) is 11.7. The van der Waals surface area contributed by atoms with Gasteiger partial charge in [0.25, 0.3) is 5.91 Å². The number of hydrogen-bond donors (Lipinski definition) is 3. The van der Waals surface area contributed by atoms with Gasteiger partial charge in [-0.25, -0.2) is 4.79 Å². The minimum atomic E-state index is -1.02. The smallest absolute Gasteiger partial charge is 0.338 e. The molecule has 3 N–H and O–H groups in total. The van der Waals surface area contributed by atoms with E-state index in [0.29, 0.717) is 0 Å². The summed E-state index contributed by atoms with van der Waals surface area (Å²) in [6, 6.07) is 0. The van der Waals surface area contributed by atoms with Crippen molar-refractivity contribution < 1.29 is 33.4 Å². The molecule has 0 saturated carbocycles. The molecular weight excluding hydrogens is 372 g/mol. The predicted octanol–water partition coefficient (Wildman–Crippen LogP) is -2.34. The van der Waals surface area contributed by atoms with Crippen molar-refractivity contribution in [1.29, 1.82) is 0 Å². The normalized spacial score (nSPS) is 20.6. The van der Waals surface area contributed by atoms with Crippen LogP contribution in [0.4, 0.5) is 0 Å². The lowest BCUT2D eigenvalue weighted by molar-refractivity contribution is -0.144. The minimum Gasteiger partial charge on any atom is -0.464 e. The van der Waals surface area contributed by atoms with Gasteiger partial charge >= 0.3 is 5.97 Å². The van der Waals surface area contributed by atoms with Crippen LogP contribution < -0.4 is 16.0 Å². The van der Waals surface area contributed by atoms with Crippen LogP contribution in [0.1, 0.15) is 13.8 Å². The molecule has 140 valence electrons. The number of carbonyl (C=O) groups excluding carboxylic acids is 5. The van der Waals surface area contributed by atoms with E-state index in [1.54, 1.807) is 6.92 Å². The van der Waals surface area contributed by atoms with Gasteiger partial charge in [-0.1, -0.05) is 0 Å². The molecule has 3 amide bonds. The molecule has 0 spiro atoms. The number of Topliss-reactive ketones (excluding diaryl/α,β-unsaturated/α-hetero) is 1. The Morgan fingerprint density at radius 3 is 2.28 bits per heavy atom. The molecule has 0 aromatic heterocycles. The Labute approximate surface area is 148 Å². The van der Waals surface area contributed by atoms with Crippen molar-refractivity contribution in [1.82, 2.24) is 16.0 Å². The van der Waals surface area contributed by atoms with Gasteiger partial charge in [-0.05, 0) is 13.8 Å². The van der Waals surface area contributed by atoms with E-state index in [-0.39, 0.29) is 18.9 Å². The van der Waals surface area contributed by atoms with E-state index in [1.807, 2.05) is 0 Å². The molecule has 1 aliphatic rings. The fraction of sp³-hybridized carbons (Fsp3) is 0.615. The molecule has 1 fully saturated rings. The average molecular weight is 393 g/mol. The molecule has 1 rings (SSSR count). The second-order valence-corrected chi connectivity index (χ2v) is 6.42. The van der Waals surface area contributed by atoms with E-state index >= 15 is 0 Å². The van der Waals surface area contributed by atoms with Gasteiger partial charge in [-0.2, -0.15) is 0 Å². The Balaban J connectivity index is 2.33. The van der Waals surface area contributed by atoms with Crippen LogP contribution in [0.25, 0.3) is 0 Å². The summed E-state index contributed by atoms with van der Waals surface area (Å²) in [5.41, 5.74) is 0. The highest BCUT2D eigenvalue weighted by atomic mass is 31.0. The van der Waals surface area contributed by atoms with Crippen molar-refractivity contribution in [3.63, 3.8) is 0 Å². The van der Waals surface area contributed by atoms with Gasteiger partial charge in [0.2, 0.25) is 11.8 Å². The van der Waals surface area contributed by atoms with E-state index in [2.05, 4.69) is 34.4 Å². The van der Waals surface area contributed by atoms with Crippen LogP contribution in [0.2, 0.25) is 0 Å². The third-order valence-electron chi connectivity index (χ3n) is 3.03. The van der Waals surface area contributed by atoms with Crippen LogP contribution in [0.15, 0.2) is 0 Å². The standard InChI is InChI=1S/C13H21N3O7P2/c1-3-22-13(21)8-7(23-8)9(19)16-12(25)10(20)14-4-6(18)15-11(24)5(2)17/h7-8,11-12H,3-4,24-25H2,1-2H3,(H,14,20)(H,15,18)(H,16,19)/t7-,8?,11?,12?/m0/s1. The van der Waals surface area contributed by atoms with Crippen LogP contribution in [0, 0.1) is 0 Å². The zero-order valence-electron chi connectivity index (χ0n) is 13.7. The fourth-order valence-electron chi connectivity index (χ4n) is 1.62. The molecule has 5 unspecified atom stereocenters. The third-order valence-corrected chi connectivity index (χ3v) is 4.13. The number of rotatable bonds is 9. The summed E-state index contributed by atoms with van der Waals surface area (Å²) < 4.78 is 9.63. The maximum Gasteiger partial charge on any atom is 0.338 e. The first-order valence-electron chi connectivity index (χ1n) is 7.38. The minimum absolute atomic E-state index is 0.171. The monoisotopic (exact) mass is 393 g/mol. The average Bonchev–Trinajstić information content (AvgIpc) is 3.33. The van der Waals surface area contributed by atoms with Gasteiger partial charge in [0.1, 0.15) is 11.6 Å². The lowest BCUT2D eigenvalue weighted by Gasteiger charge is -2.14. The number of esters is 1. The van der Waals surface area contributed by atoms with Gasteiger partial charge in [-0.15, -0.1) is 18.5 Å². The molecule has 12 heteroatoms.